The predicted molar refractivity (Wildman–Crippen MR) is 81.1 cm³/mol. The minimum absolute atomic E-state index is 0.650. The summed E-state index contributed by atoms with van der Waals surface area (Å²) in [5, 5.41) is 0. The molecular weight excluding hydrogens is 358 g/mol. The third kappa shape index (κ3) is 3.34. The Labute approximate surface area is 123 Å². The summed E-state index contributed by atoms with van der Waals surface area (Å²) in [5.41, 5.74) is 6.74. The van der Waals surface area contributed by atoms with Gasteiger partial charge in [-0.05, 0) is 74.7 Å². The minimum Gasteiger partial charge on any atom is -0.455 e. The second kappa shape index (κ2) is 6.36. The summed E-state index contributed by atoms with van der Waals surface area (Å²) in [6.45, 7) is 0.650. The van der Waals surface area contributed by atoms with E-state index in [0.717, 1.165) is 26.9 Å². The molecule has 2 rings (SSSR count). The van der Waals surface area contributed by atoms with Crippen LogP contribution in [0, 0.1) is 0 Å². The van der Waals surface area contributed by atoms with E-state index in [0.29, 0.717) is 6.54 Å². The van der Waals surface area contributed by atoms with Crippen LogP contribution in [0.25, 0.3) is 0 Å². The molecule has 94 valence electrons. The Morgan fingerprint density at radius 3 is 2.33 bits per heavy atom. The summed E-state index contributed by atoms with van der Waals surface area (Å²) in [6, 6.07) is 13.8. The zero-order valence-corrected chi connectivity index (χ0v) is 12.9. The Morgan fingerprint density at radius 2 is 1.67 bits per heavy atom. The van der Waals surface area contributed by atoms with Crippen LogP contribution in [-0.2, 0) is 6.42 Å². The van der Waals surface area contributed by atoms with Gasteiger partial charge in [0.05, 0.1) is 8.95 Å². The summed E-state index contributed by atoms with van der Waals surface area (Å²) >= 11 is 6.98. The average molecular weight is 371 g/mol. The van der Waals surface area contributed by atoms with Crippen molar-refractivity contribution in [2.75, 3.05) is 6.54 Å². The van der Waals surface area contributed by atoms with Gasteiger partial charge in [-0.25, -0.2) is 0 Å². The van der Waals surface area contributed by atoms with Crippen LogP contribution in [0.2, 0.25) is 0 Å². The molecule has 2 N–H and O–H groups in total. The number of para-hydroxylation sites is 1. The summed E-state index contributed by atoms with van der Waals surface area (Å²) in [7, 11) is 0. The molecule has 4 heteroatoms. The zero-order valence-electron chi connectivity index (χ0n) is 9.70. The number of nitrogens with two attached hydrogens (primary N) is 1. The molecule has 2 nitrogen and oxygen atoms in total. The molecule has 0 aliphatic heterocycles. The lowest BCUT2D eigenvalue weighted by Crippen LogP contribution is -2.02. The van der Waals surface area contributed by atoms with Crippen LogP contribution in [0.5, 0.6) is 11.5 Å². The molecule has 0 atom stereocenters. The molecule has 0 aromatic heterocycles. The normalized spacial score (nSPS) is 10.4. The van der Waals surface area contributed by atoms with E-state index in [1.807, 2.05) is 42.5 Å². The van der Waals surface area contributed by atoms with Crippen LogP contribution < -0.4 is 10.5 Å². The lowest BCUT2D eigenvalue weighted by atomic mass is 10.1. The number of ether oxygens (including phenoxy) is 1. The first-order chi connectivity index (χ1) is 8.70. The van der Waals surface area contributed by atoms with Gasteiger partial charge in [0.1, 0.15) is 11.5 Å². The van der Waals surface area contributed by atoms with Gasteiger partial charge in [-0.15, -0.1) is 0 Å². The molecule has 0 spiro atoms. The Morgan fingerprint density at radius 1 is 0.944 bits per heavy atom. The zero-order chi connectivity index (χ0) is 13.0. The molecule has 0 saturated carbocycles. The maximum atomic E-state index is 5.85. The molecule has 0 aliphatic carbocycles. The fourth-order valence-electron chi connectivity index (χ4n) is 1.60. The van der Waals surface area contributed by atoms with E-state index in [2.05, 4.69) is 31.9 Å². The molecular formula is C14H13Br2NO. The van der Waals surface area contributed by atoms with Crippen LogP contribution in [-0.4, -0.2) is 6.54 Å². The maximum absolute atomic E-state index is 5.85. The van der Waals surface area contributed by atoms with Crippen LogP contribution in [0.4, 0.5) is 0 Å². The molecule has 0 aliphatic rings. The maximum Gasteiger partial charge on any atom is 0.141 e. The minimum atomic E-state index is 0.650. The Bertz CT molecular complexity index is 543. The second-order valence-electron chi connectivity index (χ2n) is 3.84. The third-order valence-corrected chi connectivity index (χ3v) is 3.76. The first-order valence-corrected chi connectivity index (χ1v) is 7.20. The van der Waals surface area contributed by atoms with Crippen LogP contribution in [0.15, 0.2) is 51.4 Å². The number of hydrogen-bond donors (Lipinski definition) is 1. The monoisotopic (exact) mass is 369 g/mol. The first kappa shape index (κ1) is 13.6. The van der Waals surface area contributed by atoms with Gasteiger partial charge >= 0.3 is 0 Å². The van der Waals surface area contributed by atoms with Gasteiger partial charge in [0, 0.05) is 0 Å². The first-order valence-electron chi connectivity index (χ1n) is 5.61. The van der Waals surface area contributed by atoms with Gasteiger partial charge in [-0.3, -0.25) is 0 Å². The summed E-state index contributed by atoms with van der Waals surface area (Å²) in [5.74, 6) is 1.59. The topological polar surface area (TPSA) is 35.2 Å². The predicted octanol–water partition coefficient (Wildman–Crippen LogP) is 4.51. The van der Waals surface area contributed by atoms with Crippen molar-refractivity contribution in [3.05, 3.63) is 57.0 Å². The molecule has 0 saturated heterocycles. The Balaban J connectivity index is 2.22. The van der Waals surface area contributed by atoms with Crippen molar-refractivity contribution in [1.29, 1.82) is 0 Å². The highest BCUT2D eigenvalue weighted by Gasteiger charge is 2.06. The van der Waals surface area contributed by atoms with Crippen molar-refractivity contribution in [1.82, 2.24) is 0 Å². The van der Waals surface area contributed by atoms with Gasteiger partial charge in [0.2, 0.25) is 0 Å². The number of rotatable bonds is 4. The van der Waals surface area contributed by atoms with Crippen molar-refractivity contribution >= 4 is 31.9 Å². The van der Waals surface area contributed by atoms with Crippen LogP contribution in [0.3, 0.4) is 0 Å². The standard InChI is InChI=1S/C14H13Br2NO/c15-11-3-1-2-4-13(11)18-14-6-5-10(7-8-17)9-12(14)16/h1-6,9H,7-8,17H2. The molecule has 0 radical (unpaired) electrons. The number of benzene rings is 2. The smallest absolute Gasteiger partial charge is 0.141 e. The van der Waals surface area contributed by atoms with Gasteiger partial charge < -0.3 is 10.5 Å². The number of hydrogen-bond acceptors (Lipinski definition) is 2. The van der Waals surface area contributed by atoms with Crippen LogP contribution in [0.1, 0.15) is 5.56 Å². The average Bonchev–Trinajstić information content (AvgIpc) is 2.35. The van der Waals surface area contributed by atoms with E-state index < -0.39 is 0 Å². The lowest BCUT2D eigenvalue weighted by Gasteiger charge is -2.10. The highest BCUT2D eigenvalue weighted by molar-refractivity contribution is 9.11. The Hall–Kier alpha value is -0.840. The van der Waals surface area contributed by atoms with Crippen molar-refractivity contribution in [2.24, 2.45) is 5.73 Å². The van der Waals surface area contributed by atoms with Gasteiger partial charge in [-0.1, -0.05) is 18.2 Å². The largest absolute Gasteiger partial charge is 0.455 e. The van der Waals surface area contributed by atoms with E-state index in [4.69, 9.17) is 10.5 Å². The van der Waals surface area contributed by atoms with Gasteiger partial charge in [-0.2, -0.15) is 0 Å². The molecule has 0 unspecified atom stereocenters. The fourth-order valence-corrected chi connectivity index (χ4v) is 2.47. The number of halogens is 2. The summed E-state index contributed by atoms with van der Waals surface area (Å²) < 4.78 is 7.72. The quantitative estimate of drug-likeness (QED) is 0.859. The highest BCUT2D eigenvalue weighted by atomic mass is 79.9. The third-order valence-electron chi connectivity index (χ3n) is 2.49. The molecule has 2 aromatic rings. The molecule has 0 fully saturated rings. The van der Waals surface area contributed by atoms with E-state index in [1.165, 1.54) is 5.56 Å². The summed E-state index contributed by atoms with van der Waals surface area (Å²) in [4.78, 5) is 0. The van der Waals surface area contributed by atoms with Crippen molar-refractivity contribution in [3.63, 3.8) is 0 Å². The van der Waals surface area contributed by atoms with Crippen LogP contribution >= 0.6 is 31.9 Å². The van der Waals surface area contributed by atoms with Crippen molar-refractivity contribution in [3.8, 4) is 11.5 Å². The molecule has 2 aromatic carbocycles. The molecule has 0 amide bonds. The molecule has 0 heterocycles. The van der Waals surface area contributed by atoms with Crippen molar-refractivity contribution in [2.45, 2.75) is 6.42 Å². The second-order valence-corrected chi connectivity index (χ2v) is 5.54. The van der Waals surface area contributed by atoms with E-state index in [-0.39, 0.29) is 0 Å². The van der Waals surface area contributed by atoms with Crippen molar-refractivity contribution < 1.29 is 4.74 Å². The lowest BCUT2D eigenvalue weighted by molar-refractivity contribution is 0.476. The van der Waals surface area contributed by atoms with Gasteiger partial charge in [0.15, 0.2) is 0 Å². The van der Waals surface area contributed by atoms with E-state index >= 15 is 0 Å². The fraction of sp³-hybridized carbons (Fsp3) is 0.143. The molecule has 18 heavy (non-hydrogen) atoms. The SMILES string of the molecule is NCCc1ccc(Oc2ccccc2Br)c(Br)c1. The van der Waals surface area contributed by atoms with E-state index in [1.54, 1.807) is 0 Å². The summed E-state index contributed by atoms with van der Waals surface area (Å²) in [6.07, 6.45) is 0.869. The van der Waals surface area contributed by atoms with Gasteiger partial charge in [0.25, 0.3) is 0 Å². The molecule has 0 bridgehead atoms. The van der Waals surface area contributed by atoms with E-state index in [9.17, 15) is 0 Å². The highest BCUT2D eigenvalue weighted by Crippen LogP contribution is 2.34. The Kier molecular flexibility index (Phi) is 4.80.